The molecule has 1 aliphatic rings. The van der Waals surface area contributed by atoms with E-state index < -0.39 is 5.60 Å². The fourth-order valence-electron chi connectivity index (χ4n) is 2.44. The summed E-state index contributed by atoms with van der Waals surface area (Å²) in [5, 5.41) is 16.9. The van der Waals surface area contributed by atoms with Gasteiger partial charge in [0.25, 0.3) is 0 Å². The summed E-state index contributed by atoms with van der Waals surface area (Å²) in [7, 11) is 0. The van der Waals surface area contributed by atoms with Crippen LogP contribution < -0.4 is 0 Å². The highest BCUT2D eigenvalue weighted by Gasteiger charge is 2.26. The van der Waals surface area contributed by atoms with Crippen LogP contribution in [0.15, 0.2) is 0 Å². The number of rotatable bonds is 3. The maximum Gasteiger partial charge on any atom is 0.153 e. The first-order valence-electron chi connectivity index (χ1n) is 6.28. The summed E-state index contributed by atoms with van der Waals surface area (Å²) in [6.07, 6.45) is 2.15. The van der Waals surface area contributed by atoms with Crippen LogP contribution in [0.1, 0.15) is 44.3 Å². The first-order chi connectivity index (χ1) is 7.94. The van der Waals surface area contributed by atoms with Gasteiger partial charge in [-0.25, -0.2) is 4.98 Å². The number of piperidine rings is 1. The van der Waals surface area contributed by atoms with Gasteiger partial charge >= 0.3 is 0 Å². The molecule has 17 heavy (non-hydrogen) atoms. The maximum atomic E-state index is 9.78. The maximum absolute atomic E-state index is 9.78. The zero-order chi connectivity index (χ0) is 12.5. The molecule has 1 aliphatic heterocycles. The Morgan fingerprint density at radius 3 is 2.53 bits per heavy atom. The van der Waals surface area contributed by atoms with Gasteiger partial charge in [0.05, 0.1) is 5.60 Å². The van der Waals surface area contributed by atoms with E-state index in [1.807, 2.05) is 20.8 Å². The number of nitrogens with zero attached hydrogens (tertiary/aromatic N) is 3. The Balaban J connectivity index is 1.86. The summed E-state index contributed by atoms with van der Waals surface area (Å²) in [5.41, 5.74) is -0.603. The van der Waals surface area contributed by atoms with Gasteiger partial charge in [-0.3, -0.25) is 5.10 Å². The van der Waals surface area contributed by atoms with E-state index in [0.717, 1.165) is 44.1 Å². The van der Waals surface area contributed by atoms with Crippen molar-refractivity contribution in [2.45, 2.75) is 45.1 Å². The number of likely N-dealkylation sites (tertiary alicyclic amines) is 1. The molecule has 1 saturated heterocycles. The third-order valence-corrected chi connectivity index (χ3v) is 3.18. The van der Waals surface area contributed by atoms with E-state index in [9.17, 15) is 5.11 Å². The molecule has 5 nitrogen and oxygen atoms in total. The van der Waals surface area contributed by atoms with Crippen LogP contribution in [-0.2, 0) is 0 Å². The number of aryl methyl sites for hydroxylation is 1. The van der Waals surface area contributed by atoms with Crippen molar-refractivity contribution >= 4 is 0 Å². The quantitative estimate of drug-likeness (QED) is 0.826. The highest BCUT2D eigenvalue weighted by molar-refractivity contribution is 4.99. The molecule has 5 heteroatoms. The lowest BCUT2D eigenvalue weighted by Crippen LogP contribution is -2.42. The van der Waals surface area contributed by atoms with Gasteiger partial charge in [-0.15, -0.1) is 0 Å². The molecular weight excluding hydrogens is 216 g/mol. The van der Waals surface area contributed by atoms with E-state index in [0.29, 0.717) is 5.92 Å². The minimum absolute atomic E-state index is 0.470. The number of aliphatic hydroxyl groups is 1. The van der Waals surface area contributed by atoms with Crippen molar-refractivity contribution in [1.82, 2.24) is 20.1 Å². The number of hydrogen-bond acceptors (Lipinski definition) is 4. The predicted octanol–water partition coefficient (Wildman–Crippen LogP) is 1.06. The summed E-state index contributed by atoms with van der Waals surface area (Å²) in [4.78, 5) is 6.71. The molecular formula is C12H22N4O. The van der Waals surface area contributed by atoms with Crippen LogP contribution in [0, 0.1) is 6.92 Å². The average molecular weight is 238 g/mol. The van der Waals surface area contributed by atoms with Crippen molar-refractivity contribution in [3.8, 4) is 0 Å². The third kappa shape index (κ3) is 3.51. The molecule has 2 rings (SSSR count). The normalized spacial score (nSPS) is 19.8. The molecule has 0 radical (unpaired) electrons. The molecule has 1 aromatic rings. The van der Waals surface area contributed by atoms with E-state index in [1.54, 1.807) is 0 Å². The van der Waals surface area contributed by atoms with E-state index >= 15 is 0 Å². The molecule has 0 aromatic carbocycles. The predicted molar refractivity (Wildman–Crippen MR) is 65.8 cm³/mol. The van der Waals surface area contributed by atoms with Crippen LogP contribution in [-0.4, -0.2) is 50.4 Å². The van der Waals surface area contributed by atoms with Gasteiger partial charge in [-0.1, -0.05) is 0 Å². The Morgan fingerprint density at radius 1 is 1.41 bits per heavy atom. The highest BCUT2D eigenvalue weighted by Crippen LogP contribution is 2.26. The summed E-state index contributed by atoms with van der Waals surface area (Å²) >= 11 is 0. The van der Waals surface area contributed by atoms with E-state index in [-0.39, 0.29) is 0 Å². The first-order valence-corrected chi connectivity index (χ1v) is 6.28. The van der Waals surface area contributed by atoms with Crippen LogP contribution in [0.2, 0.25) is 0 Å². The highest BCUT2D eigenvalue weighted by atomic mass is 16.3. The van der Waals surface area contributed by atoms with Crippen molar-refractivity contribution in [2.24, 2.45) is 0 Å². The number of aromatic nitrogens is 3. The van der Waals surface area contributed by atoms with Gasteiger partial charge in [0.2, 0.25) is 0 Å². The Bertz CT molecular complexity index is 361. The largest absolute Gasteiger partial charge is 0.389 e. The molecule has 0 saturated carbocycles. The molecule has 0 aliphatic carbocycles. The molecule has 1 aromatic heterocycles. The van der Waals surface area contributed by atoms with Crippen LogP contribution in [0.3, 0.4) is 0 Å². The third-order valence-electron chi connectivity index (χ3n) is 3.18. The molecule has 1 fully saturated rings. The lowest BCUT2D eigenvalue weighted by Gasteiger charge is -2.34. The molecule has 2 heterocycles. The molecule has 0 spiro atoms. The monoisotopic (exact) mass is 238 g/mol. The minimum Gasteiger partial charge on any atom is -0.389 e. The molecule has 0 unspecified atom stereocenters. The second-order valence-electron chi connectivity index (χ2n) is 5.64. The summed E-state index contributed by atoms with van der Waals surface area (Å²) < 4.78 is 0. The van der Waals surface area contributed by atoms with Gasteiger partial charge in [-0.05, 0) is 46.7 Å². The van der Waals surface area contributed by atoms with Gasteiger partial charge in [0.15, 0.2) is 5.82 Å². The first kappa shape index (κ1) is 12.5. The van der Waals surface area contributed by atoms with E-state index in [1.165, 1.54) is 0 Å². The number of H-pyrrole nitrogens is 1. The van der Waals surface area contributed by atoms with Gasteiger partial charge in [0.1, 0.15) is 5.82 Å². The van der Waals surface area contributed by atoms with Crippen molar-refractivity contribution in [3.63, 3.8) is 0 Å². The van der Waals surface area contributed by atoms with Crippen LogP contribution >= 0.6 is 0 Å². The lowest BCUT2D eigenvalue weighted by molar-refractivity contribution is 0.0279. The topological polar surface area (TPSA) is 65.0 Å². The number of hydrogen-bond donors (Lipinski definition) is 2. The van der Waals surface area contributed by atoms with Gasteiger partial charge < -0.3 is 10.0 Å². The molecule has 2 N–H and O–H groups in total. The zero-order valence-corrected chi connectivity index (χ0v) is 10.9. The molecule has 0 amide bonds. The number of β-amino-alcohol motifs (C(OH)–C–C–N with tert-alkyl or cyclic N) is 1. The Morgan fingerprint density at radius 2 is 2.06 bits per heavy atom. The van der Waals surface area contributed by atoms with Crippen LogP contribution in [0.25, 0.3) is 0 Å². The fourth-order valence-corrected chi connectivity index (χ4v) is 2.44. The average Bonchev–Trinajstić information content (AvgIpc) is 2.63. The van der Waals surface area contributed by atoms with E-state index in [2.05, 4.69) is 20.1 Å². The fraction of sp³-hybridized carbons (Fsp3) is 0.833. The smallest absolute Gasteiger partial charge is 0.153 e. The van der Waals surface area contributed by atoms with Crippen molar-refractivity contribution in [3.05, 3.63) is 11.6 Å². The zero-order valence-electron chi connectivity index (χ0n) is 10.9. The Hall–Kier alpha value is -0.940. The molecule has 96 valence electrons. The number of nitrogens with one attached hydrogen (secondary N) is 1. The number of aromatic amines is 1. The SMILES string of the molecule is Cc1nc(C2CCN(CC(C)(C)O)CC2)n[nH]1. The van der Waals surface area contributed by atoms with Crippen LogP contribution in [0.5, 0.6) is 0 Å². The Kier molecular flexibility index (Phi) is 3.49. The summed E-state index contributed by atoms with van der Waals surface area (Å²) in [6, 6.07) is 0. The van der Waals surface area contributed by atoms with Crippen LogP contribution in [0.4, 0.5) is 0 Å². The summed E-state index contributed by atoms with van der Waals surface area (Å²) in [6.45, 7) is 8.42. The van der Waals surface area contributed by atoms with Crippen molar-refractivity contribution in [2.75, 3.05) is 19.6 Å². The molecule has 0 bridgehead atoms. The molecule has 0 atom stereocenters. The summed E-state index contributed by atoms with van der Waals surface area (Å²) in [5.74, 6) is 2.31. The Labute approximate surface area is 102 Å². The van der Waals surface area contributed by atoms with Gasteiger partial charge in [0, 0.05) is 12.5 Å². The van der Waals surface area contributed by atoms with Crippen molar-refractivity contribution < 1.29 is 5.11 Å². The van der Waals surface area contributed by atoms with Crippen molar-refractivity contribution in [1.29, 1.82) is 0 Å². The minimum atomic E-state index is -0.603. The second-order valence-corrected chi connectivity index (χ2v) is 5.64. The second kappa shape index (κ2) is 4.74. The van der Waals surface area contributed by atoms with E-state index in [4.69, 9.17) is 0 Å². The van der Waals surface area contributed by atoms with Gasteiger partial charge in [-0.2, -0.15) is 5.10 Å². The lowest BCUT2D eigenvalue weighted by atomic mass is 9.95. The standard InChI is InChI=1S/C12H22N4O/c1-9-13-11(15-14-9)10-4-6-16(7-5-10)8-12(2,3)17/h10,17H,4-8H2,1-3H3,(H,13,14,15).